The largest absolute Gasteiger partial charge is 0.380 e. The standard InChI is InChI=1S/C7H10N2O3/c8-5(10)6(11)9-1-7(2-9)3-12-4-7/h1-4H2,(H2,8,10). The third-order valence-electron chi connectivity index (χ3n) is 2.37. The van der Waals surface area contributed by atoms with Crippen LogP contribution in [0.5, 0.6) is 0 Å². The Bertz CT molecular complexity index is 239. The summed E-state index contributed by atoms with van der Waals surface area (Å²) in [6.07, 6.45) is 0. The van der Waals surface area contributed by atoms with Gasteiger partial charge in [-0.2, -0.15) is 0 Å². The SMILES string of the molecule is NC(=O)C(=O)N1CC2(COC2)C1. The van der Waals surface area contributed by atoms with Crippen molar-refractivity contribution in [2.75, 3.05) is 26.3 Å². The van der Waals surface area contributed by atoms with E-state index in [4.69, 9.17) is 10.5 Å². The number of nitrogens with two attached hydrogens (primary N) is 1. The fourth-order valence-corrected chi connectivity index (χ4v) is 1.64. The van der Waals surface area contributed by atoms with Gasteiger partial charge in [0.15, 0.2) is 0 Å². The molecule has 0 aromatic heterocycles. The van der Waals surface area contributed by atoms with Crippen LogP contribution in [-0.4, -0.2) is 43.0 Å². The smallest absolute Gasteiger partial charge is 0.311 e. The van der Waals surface area contributed by atoms with Crippen LogP contribution >= 0.6 is 0 Å². The van der Waals surface area contributed by atoms with Gasteiger partial charge in [-0.1, -0.05) is 0 Å². The number of carbonyl (C=O) groups is 2. The predicted molar refractivity (Wildman–Crippen MR) is 39.0 cm³/mol. The third kappa shape index (κ3) is 0.896. The van der Waals surface area contributed by atoms with E-state index < -0.39 is 11.8 Å². The predicted octanol–water partition coefficient (Wildman–Crippen LogP) is -1.67. The molecular formula is C7H10N2O3. The Labute approximate surface area is 69.5 Å². The lowest BCUT2D eigenvalue weighted by atomic mass is 9.78. The first-order valence-corrected chi connectivity index (χ1v) is 3.79. The molecule has 2 rings (SSSR count). The molecular weight excluding hydrogens is 160 g/mol. The van der Waals surface area contributed by atoms with Crippen LogP contribution in [0.3, 0.4) is 0 Å². The second-order valence-corrected chi connectivity index (χ2v) is 3.52. The molecule has 0 radical (unpaired) electrons. The van der Waals surface area contributed by atoms with Crippen molar-refractivity contribution in [2.24, 2.45) is 11.1 Å². The summed E-state index contributed by atoms with van der Waals surface area (Å²) in [4.78, 5) is 22.9. The van der Waals surface area contributed by atoms with Gasteiger partial charge in [0.05, 0.1) is 18.6 Å². The number of amides is 2. The van der Waals surface area contributed by atoms with Crippen molar-refractivity contribution >= 4 is 11.8 Å². The minimum atomic E-state index is -0.870. The lowest BCUT2D eigenvalue weighted by molar-refractivity contribution is -0.195. The molecule has 2 saturated heterocycles. The molecule has 2 fully saturated rings. The second kappa shape index (κ2) is 2.20. The minimum Gasteiger partial charge on any atom is -0.380 e. The van der Waals surface area contributed by atoms with Gasteiger partial charge < -0.3 is 15.4 Å². The summed E-state index contributed by atoms with van der Waals surface area (Å²) in [6.45, 7) is 2.65. The first-order valence-electron chi connectivity index (χ1n) is 3.79. The van der Waals surface area contributed by atoms with Gasteiger partial charge in [-0.25, -0.2) is 0 Å². The van der Waals surface area contributed by atoms with E-state index in [1.165, 1.54) is 4.90 Å². The Morgan fingerprint density at radius 3 is 2.25 bits per heavy atom. The van der Waals surface area contributed by atoms with E-state index in [-0.39, 0.29) is 5.41 Å². The summed E-state index contributed by atoms with van der Waals surface area (Å²) in [5.41, 5.74) is 4.99. The summed E-state index contributed by atoms with van der Waals surface area (Å²) in [7, 11) is 0. The molecule has 0 atom stereocenters. The lowest BCUT2D eigenvalue weighted by Gasteiger charge is -2.54. The highest BCUT2D eigenvalue weighted by Crippen LogP contribution is 2.37. The normalized spacial score (nSPS) is 24.5. The maximum Gasteiger partial charge on any atom is 0.311 e. The third-order valence-corrected chi connectivity index (χ3v) is 2.37. The average Bonchev–Trinajstić information content (AvgIpc) is 1.80. The van der Waals surface area contributed by atoms with E-state index in [0.717, 1.165) is 0 Å². The molecule has 1 spiro atoms. The van der Waals surface area contributed by atoms with E-state index >= 15 is 0 Å². The van der Waals surface area contributed by atoms with Crippen molar-refractivity contribution in [1.29, 1.82) is 0 Å². The Morgan fingerprint density at radius 1 is 1.33 bits per heavy atom. The Morgan fingerprint density at radius 2 is 1.92 bits per heavy atom. The number of nitrogens with zero attached hydrogens (tertiary/aromatic N) is 1. The number of hydrogen-bond donors (Lipinski definition) is 1. The van der Waals surface area contributed by atoms with Crippen LogP contribution in [-0.2, 0) is 14.3 Å². The molecule has 2 heterocycles. The van der Waals surface area contributed by atoms with Crippen molar-refractivity contribution < 1.29 is 14.3 Å². The number of ether oxygens (including phenoxy) is 1. The van der Waals surface area contributed by atoms with E-state index in [9.17, 15) is 9.59 Å². The highest BCUT2D eigenvalue weighted by molar-refractivity contribution is 6.34. The van der Waals surface area contributed by atoms with Crippen LogP contribution in [0.15, 0.2) is 0 Å². The van der Waals surface area contributed by atoms with Gasteiger partial charge in [-0.3, -0.25) is 9.59 Å². The molecule has 2 amide bonds. The van der Waals surface area contributed by atoms with E-state index in [2.05, 4.69) is 0 Å². The Kier molecular flexibility index (Phi) is 1.38. The summed E-state index contributed by atoms with van der Waals surface area (Å²) in [5.74, 6) is -1.45. The second-order valence-electron chi connectivity index (χ2n) is 3.52. The van der Waals surface area contributed by atoms with E-state index in [1.807, 2.05) is 0 Å². The molecule has 0 aliphatic carbocycles. The molecule has 2 N–H and O–H groups in total. The number of carbonyl (C=O) groups excluding carboxylic acids is 2. The van der Waals surface area contributed by atoms with Gasteiger partial charge in [0.2, 0.25) is 0 Å². The van der Waals surface area contributed by atoms with Crippen LogP contribution in [0, 0.1) is 5.41 Å². The van der Waals surface area contributed by atoms with Crippen LogP contribution in [0.25, 0.3) is 0 Å². The van der Waals surface area contributed by atoms with Crippen molar-refractivity contribution in [1.82, 2.24) is 4.90 Å². The molecule has 5 heteroatoms. The molecule has 2 aliphatic rings. The highest BCUT2D eigenvalue weighted by Gasteiger charge is 2.51. The number of hydrogen-bond acceptors (Lipinski definition) is 3. The maximum absolute atomic E-state index is 11.0. The van der Waals surface area contributed by atoms with Crippen LogP contribution < -0.4 is 5.73 Å². The zero-order chi connectivity index (χ0) is 8.77. The summed E-state index contributed by atoms with van der Waals surface area (Å²) in [6, 6.07) is 0. The summed E-state index contributed by atoms with van der Waals surface area (Å²) < 4.78 is 5.01. The Balaban J connectivity index is 1.88. The average molecular weight is 170 g/mol. The fourth-order valence-electron chi connectivity index (χ4n) is 1.64. The van der Waals surface area contributed by atoms with Crippen LogP contribution in [0.4, 0.5) is 0 Å². The highest BCUT2D eigenvalue weighted by atomic mass is 16.5. The first kappa shape index (κ1) is 7.54. The van der Waals surface area contributed by atoms with Crippen molar-refractivity contribution in [3.63, 3.8) is 0 Å². The zero-order valence-corrected chi connectivity index (χ0v) is 6.58. The number of likely N-dealkylation sites (tertiary alicyclic amines) is 1. The molecule has 0 aromatic carbocycles. The topological polar surface area (TPSA) is 72.6 Å². The molecule has 66 valence electrons. The molecule has 5 nitrogen and oxygen atoms in total. The van der Waals surface area contributed by atoms with Gasteiger partial charge in [0.1, 0.15) is 0 Å². The van der Waals surface area contributed by atoms with E-state index in [0.29, 0.717) is 26.3 Å². The molecule has 0 saturated carbocycles. The lowest BCUT2D eigenvalue weighted by Crippen LogP contribution is -2.68. The molecule has 0 unspecified atom stereocenters. The van der Waals surface area contributed by atoms with Crippen molar-refractivity contribution in [3.05, 3.63) is 0 Å². The Hall–Kier alpha value is -1.10. The fraction of sp³-hybridized carbons (Fsp3) is 0.714. The van der Waals surface area contributed by atoms with Gasteiger partial charge >= 0.3 is 11.8 Å². The molecule has 12 heavy (non-hydrogen) atoms. The zero-order valence-electron chi connectivity index (χ0n) is 6.58. The molecule has 0 bridgehead atoms. The summed E-state index contributed by atoms with van der Waals surface area (Å²) in [5, 5.41) is 0. The molecule has 2 aliphatic heterocycles. The molecule has 0 aromatic rings. The maximum atomic E-state index is 11.0. The van der Waals surface area contributed by atoms with Crippen molar-refractivity contribution in [3.8, 4) is 0 Å². The van der Waals surface area contributed by atoms with Gasteiger partial charge in [-0.15, -0.1) is 0 Å². The van der Waals surface area contributed by atoms with Gasteiger partial charge in [-0.05, 0) is 0 Å². The van der Waals surface area contributed by atoms with Crippen LogP contribution in [0.1, 0.15) is 0 Å². The van der Waals surface area contributed by atoms with Crippen molar-refractivity contribution in [2.45, 2.75) is 0 Å². The number of rotatable bonds is 0. The summed E-state index contributed by atoms with van der Waals surface area (Å²) >= 11 is 0. The number of primary amides is 1. The van der Waals surface area contributed by atoms with Crippen LogP contribution in [0.2, 0.25) is 0 Å². The van der Waals surface area contributed by atoms with Gasteiger partial charge in [0.25, 0.3) is 0 Å². The quantitative estimate of drug-likeness (QED) is 0.442. The minimum absolute atomic E-state index is 0.158. The van der Waals surface area contributed by atoms with E-state index in [1.54, 1.807) is 0 Å². The van der Waals surface area contributed by atoms with Gasteiger partial charge in [0, 0.05) is 13.1 Å². The first-order chi connectivity index (χ1) is 5.63. The monoisotopic (exact) mass is 170 g/mol.